The van der Waals surface area contributed by atoms with Crippen LogP contribution in [0.3, 0.4) is 0 Å². The molecule has 2 aromatic rings. The van der Waals surface area contributed by atoms with Gasteiger partial charge < -0.3 is 5.32 Å². The lowest BCUT2D eigenvalue weighted by atomic mass is 9.90. The average molecular weight is 389 g/mol. The smallest absolute Gasteiger partial charge is 0.322 e. The van der Waals surface area contributed by atoms with Crippen molar-refractivity contribution in [2.45, 2.75) is 39.3 Å². The van der Waals surface area contributed by atoms with Gasteiger partial charge in [-0.1, -0.05) is 20.8 Å². The highest BCUT2D eigenvalue weighted by atomic mass is 19.4. The highest BCUT2D eigenvalue weighted by Crippen LogP contribution is 2.34. The summed E-state index contributed by atoms with van der Waals surface area (Å²) in [4.78, 5) is 12.4. The molecule has 1 aromatic heterocycles. The lowest BCUT2D eigenvalue weighted by Crippen LogP contribution is -2.20. The van der Waals surface area contributed by atoms with Crippen molar-refractivity contribution < 1.29 is 26.7 Å². The van der Waals surface area contributed by atoms with Crippen LogP contribution in [-0.4, -0.2) is 15.7 Å². The Labute approximate surface area is 153 Å². The van der Waals surface area contributed by atoms with Crippen LogP contribution in [0.1, 0.15) is 54.7 Å². The van der Waals surface area contributed by atoms with Crippen LogP contribution in [0.2, 0.25) is 0 Å². The Morgan fingerprint density at radius 3 is 2.41 bits per heavy atom. The van der Waals surface area contributed by atoms with Crippen molar-refractivity contribution in [3.05, 3.63) is 46.8 Å². The molecule has 0 aliphatic heterocycles. The fraction of sp³-hybridized carbons (Fsp3) is 0.444. The van der Waals surface area contributed by atoms with Crippen LogP contribution in [0.4, 0.5) is 27.6 Å². The summed E-state index contributed by atoms with van der Waals surface area (Å²) < 4.78 is 67.3. The number of carbonyl (C=O) groups is 1. The first-order valence-electron chi connectivity index (χ1n) is 8.32. The fourth-order valence-corrected chi connectivity index (χ4v) is 2.98. The van der Waals surface area contributed by atoms with Crippen LogP contribution in [0.15, 0.2) is 18.2 Å². The van der Waals surface area contributed by atoms with E-state index in [1.807, 2.05) is 20.8 Å². The number of anilines is 1. The molecule has 0 aliphatic carbocycles. The Kier molecular flexibility index (Phi) is 5.91. The fourth-order valence-electron chi connectivity index (χ4n) is 2.98. The van der Waals surface area contributed by atoms with E-state index in [2.05, 4.69) is 10.4 Å². The molecule has 1 atom stereocenters. The molecular formula is C18H20F5N3O. The normalized spacial score (nSPS) is 13.1. The monoisotopic (exact) mass is 389 g/mol. The van der Waals surface area contributed by atoms with Gasteiger partial charge in [0.15, 0.2) is 5.69 Å². The van der Waals surface area contributed by atoms with E-state index in [4.69, 9.17) is 0 Å². The molecule has 0 saturated carbocycles. The molecule has 9 heteroatoms. The molecule has 148 valence electrons. The highest BCUT2D eigenvalue weighted by molar-refractivity contribution is 6.05. The Balaban J connectivity index is 2.43. The summed E-state index contributed by atoms with van der Waals surface area (Å²) in [6.45, 7) is 5.75. The molecule has 1 heterocycles. The van der Waals surface area contributed by atoms with Gasteiger partial charge in [0.05, 0.1) is 0 Å². The molecule has 0 aliphatic rings. The van der Waals surface area contributed by atoms with Crippen LogP contribution in [0.25, 0.3) is 0 Å². The van der Waals surface area contributed by atoms with Crippen molar-refractivity contribution >= 4 is 11.6 Å². The minimum Gasteiger partial charge on any atom is -0.322 e. The maximum absolute atomic E-state index is 14.1. The second kappa shape index (κ2) is 7.66. The molecular weight excluding hydrogens is 369 g/mol. The molecule has 0 bridgehead atoms. The van der Waals surface area contributed by atoms with E-state index in [0.29, 0.717) is 16.7 Å². The number of rotatable bonds is 5. The van der Waals surface area contributed by atoms with E-state index in [-0.39, 0.29) is 17.5 Å². The first-order valence-corrected chi connectivity index (χ1v) is 8.32. The van der Waals surface area contributed by atoms with Crippen molar-refractivity contribution in [1.29, 1.82) is 0 Å². The van der Waals surface area contributed by atoms with Crippen LogP contribution in [-0.2, 0) is 13.2 Å². The predicted molar refractivity (Wildman–Crippen MR) is 90.4 cm³/mol. The number of halogens is 5. The summed E-state index contributed by atoms with van der Waals surface area (Å²) in [5.41, 5.74) is -2.25. The second-order valence-electron chi connectivity index (χ2n) is 6.85. The van der Waals surface area contributed by atoms with Gasteiger partial charge in [0.25, 0.3) is 5.91 Å². The van der Waals surface area contributed by atoms with Gasteiger partial charge in [-0.2, -0.15) is 22.7 Å². The van der Waals surface area contributed by atoms with Crippen molar-refractivity contribution in [3.63, 3.8) is 0 Å². The minimum absolute atomic E-state index is 0.130. The Morgan fingerprint density at radius 1 is 1.22 bits per heavy atom. The third-order valence-electron chi connectivity index (χ3n) is 4.09. The number of aromatic nitrogens is 2. The lowest BCUT2D eigenvalue weighted by molar-refractivity contribution is -0.141. The molecule has 0 spiro atoms. The number of hydrogen-bond acceptors (Lipinski definition) is 2. The van der Waals surface area contributed by atoms with Gasteiger partial charge in [0, 0.05) is 12.7 Å². The zero-order valence-electron chi connectivity index (χ0n) is 15.3. The number of aryl methyl sites for hydroxylation is 1. The zero-order valence-corrected chi connectivity index (χ0v) is 15.3. The maximum Gasteiger partial charge on any atom is 0.436 e. The van der Waals surface area contributed by atoms with Crippen LogP contribution >= 0.6 is 0 Å². The molecule has 1 amide bonds. The Hall–Kier alpha value is -2.45. The quantitative estimate of drug-likeness (QED) is 0.722. The summed E-state index contributed by atoms with van der Waals surface area (Å²) in [7, 11) is 0.968. The number of amides is 1. The van der Waals surface area contributed by atoms with Gasteiger partial charge in [-0.05, 0) is 42.0 Å². The van der Waals surface area contributed by atoms with Crippen LogP contribution < -0.4 is 5.32 Å². The standard InChI is InChI=1S/C18H20F5N3O/c1-9(2)7-10(3)12-8-11(19)5-6-13(12)24-17(27)14-15(18(21,22)23)25-26(4)16(14)20/h5-6,8-10H,7H2,1-4H3,(H,24,27). The molecule has 2 rings (SSSR count). The summed E-state index contributed by atoms with van der Waals surface area (Å²) in [5.74, 6) is -3.13. The molecule has 0 saturated heterocycles. The first kappa shape index (κ1) is 20.9. The zero-order chi connectivity index (χ0) is 20.5. The third kappa shape index (κ3) is 4.64. The van der Waals surface area contributed by atoms with E-state index >= 15 is 0 Å². The molecule has 1 unspecified atom stereocenters. The lowest BCUT2D eigenvalue weighted by Gasteiger charge is -2.19. The topological polar surface area (TPSA) is 46.9 Å². The summed E-state index contributed by atoms with van der Waals surface area (Å²) >= 11 is 0. The van der Waals surface area contributed by atoms with Crippen LogP contribution in [0, 0.1) is 17.7 Å². The van der Waals surface area contributed by atoms with E-state index in [1.54, 1.807) is 0 Å². The van der Waals surface area contributed by atoms with Gasteiger partial charge in [0.2, 0.25) is 5.95 Å². The molecule has 0 fully saturated rings. The minimum atomic E-state index is -4.99. The second-order valence-corrected chi connectivity index (χ2v) is 6.85. The summed E-state index contributed by atoms with van der Waals surface area (Å²) in [6, 6.07) is 3.54. The summed E-state index contributed by atoms with van der Waals surface area (Å²) in [6.07, 6.45) is -4.33. The third-order valence-corrected chi connectivity index (χ3v) is 4.09. The SMILES string of the molecule is CC(C)CC(C)c1cc(F)ccc1NC(=O)c1c(C(F)(F)F)nn(C)c1F. The average Bonchev–Trinajstić information content (AvgIpc) is 2.84. The van der Waals surface area contributed by atoms with E-state index < -0.39 is 35.1 Å². The number of carbonyl (C=O) groups excluding carboxylic acids is 1. The Bertz CT molecular complexity index is 842. The van der Waals surface area contributed by atoms with Crippen molar-refractivity contribution in [2.75, 3.05) is 5.32 Å². The van der Waals surface area contributed by atoms with Crippen molar-refractivity contribution in [3.8, 4) is 0 Å². The Morgan fingerprint density at radius 2 is 1.85 bits per heavy atom. The van der Waals surface area contributed by atoms with Gasteiger partial charge >= 0.3 is 6.18 Å². The van der Waals surface area contributed by atoms with E-state index in [0.717, 1.165) is 13.1 Å². The van der Waals surface area contributed by atoms with Gasteiger partial charge in [-0.3, -0.25) is 4.79 Å². The molecule has 4 nitrogen and oxygen atoms in total. The van der Waals surface area contributed by atoms with Gasteiger partial charge in [0.1, 0.15) is 11.4 Å². The molecule has 0 radical (unpaired) electrons. The maximum atomic E-state index is 14.1. The van der Waals surface area contributed by atoms with Crippen LogP contribution in [0.5, 0.6) is 0 Å². The van der Waals surface area contributed by atoms with Crippen molar-refractivity contribution in [1.82, 2.24) is 9.78 Å². The molecule has 1 aromatic carbocycles. The van der Waals surface area contributed by atoms with Gasteiger partial charge in [-0.15, -0.1) is 0 Å². The molecule has 1 N–H and O–H groups in total. The molecule has 27 heavy (non-hydrogen) atoms. The van der Waals surface area contributed by atoms with Crippen molar-refractivity contribution in [2.24, 2.45) is 13.0 Å². The number of alkyl halides is 3. The van der Waals surface area contributed by atoms with E-state index in [1.165, 1.54) is 12.1 Å². The largest absolute Gasteiger partial charge is 0.436 e. The number of nitrogens with one attached hydrogen (secondary N) is 1. The highest BCUT2D eigenvalue weighted by Gasteiger charge is 2.41. The predicted octanol–water partition coefficient (Wildman–Crippen LogP) is 5.12. The van der Waals surface area contributed by atoms with Gasteiger partial charge in [-0.25, -0.2) is 9.07 Å². The first-order chi connectivity index (χ1) is 12.4. The van der Waals surface area contributed by atoms with E-state index in [9.17, 15) is 26.7 Å². The summed E-state index contributed by atoms with van der Waals surface area (Å²) in [5, 5.41) is 5.33. The number of hydrogen-bond donors (Lipinski definition) is 1. The number of benzene rings is 1. The number of nitrogens with zero attached hydrogens (tertiary/aromatic N) is 2.